The van der Waals surface area contributed by atoms with Crippen molar-refractivity contribution in [3.63, 3.8) is 0 Å². The highest BCUT2D eigenvalue weighted by Gasteiger charge is 2.16. The summed E-state index contributed by atoms with van der Waals surface area (Å²) in [4.78, 5) is 17.2. The van der Waals surface area contributed by atoms with E-state index in [4.69, 9.17) is 16.3 Å². The predicted octanol–water partition coefficient (Wildman–Crippen LogP) is 5.33. The van der Waals surface area contributed by atoms with Gasteiger partial charge in [0.25, 0.3) is 0 Å². The van der Waals surface area contributed by atoms with Crippen LogP contribution in [0.1, 0.15) is 0 Å². The van der Waals surface area contributed by atoms with Gasteiger partial charge in [-0.2, -0.15) is 0 Å². The summed E-state index contributed by atoms with van der Waals surface area (Å²) < 4.78 is 7.06. The standard InChI is InChI=1S/C23H19ClN4O2S/c1-30-20-13-12-17(24)14-19(20)25-21(29)15-31-23-26-22(16-8-4-2-5-9-16)28(27-23)18-10-6-3-7-11-18/h2-14H,15H2,1H3,(H,25,29). The van der Waals surface area contributed by atoms with Gasteiger partial charge in [-0.25, -0.2) is 9.67 Å². The van der Waals surface area contributed by atoms with Crippen molar-refractivity contribution in [2.45, 2.75) is 5.16 Å². The van der Waals surface area contributed by atoms with Crippen LogP contribution in [0.4, 0.5) is 5.69 Å². The molecule has 0 fully saturated rings. The van der Waals surface area contributed by atoms with Crippen molar-refractivity contribution in [3.05, 3.63) is 83.9 Å². The van der Waals surface area contributed by atoms with Crippen molar-refractivity contribution in [1.82, 2.24) is 14.8 Å². The summed E-state index contributed by atoms with van der Waals surface area (Å²) in [5, 5.41) is 8.48. The number of hydrogen-bond acceptors (Lipinski definition) is 5. The maximum absolute atomic E-state index is 12.5. The van der Waals surface area contributed by atoms with Gasteiger partial charge in [0.15, 0.2) is 5.82 Å². The number of hydrogen-bond donors (Lipinski definition) is 1. The van der Waals surface area contributed by atoms with Crippen LogP contribution in [0, 0.1) is 0 Å². The van der Waals surface area contributed by atoms with Crippen molar-refractivity contribution < 1.29 is 9.53 Å². The van der Waals surface area contributed by atoms with Crippen LogP contribution >= 0.6 is 23.4 Å². The zero-order valence-electron chi connectivity index (χ0n) is 16.7. The summed E-state index contributed by atoms with van der Waals surface area (Å²) in [5.74, 6) is 1.19. The van der Waals surface area contributed by atoms with E-state index in [1.807, 2.05) is 60.7 Å². The molecule has 0 aliphatic heterocycles. The third-order valence-corrected chi connectivity index (χ3v) is 5.46. The van der Waals surface area contributed by atoms with Gasteiger partial charge in [-0.05, 0) is 30.3 Å². The number of amides is 1. The minimum atomic E-state index is -0.206. The first-order valence-corrected chi connectivity index (χ1v) is 10.8. The van der Waals surface area contributed by atoms with Crippen molar-refractivity contribution in [1.29, 1.82) is 0 Å². The molecular weight excluding hydrogens is 432 g/mol. The molecule has 0 atom stereocenters. The molecule has 1 N–H and O–H groups in total. The monoisotopic (exact) mass is 450 g/mol. The molecular formula is C23H19ClN4O2S. The van der Waals surface area contributed by atoms with Gasteiger partial charge >= 0.3 is 0 Å². The Morgan fingerprint density at radius 2 is 1.77 bits per heavy atom. The first-order valence-electron chi connectivity index (χ1n) is 9.48. The molecule has 156 valence electrons. The second-order valence-electron chi connectivity index (χ2n) is 6.51. The van der Waals surface area contributed by atoms with Gasteiger partial charge in [0.1, 0.15) is 5.75 Å². The van der Waals surface area contributed by atoms with Gasteiger partial charge in [0.2, 0.25) is 11.1 Å². The summed E-state index contributed by atoms with van der Waals surface area (Å²) >= 11 is 7.29. The number of methoxy groups -OCH3 is 1. The van der Waals surface area contributed by atoms with E-state index in [-0.39, 0.29) is 11.7 Å². The van der Waals surface area contributed by atoms with Crippen molar-refractivity contribution >= 4 is 35.0 Å². The van der Waals surface area contributed by atoms with Crippen LogP contribution < -0.4 is 10.1 Å². The number of para-hydroxylation sites is 1. The lowest BCUT2D eigenvalue weighted by Gasteiger charge is -2.09. The number of nitrogens with zero attached hydrogens (tertiary/aromatic N) is 3. The highest BCUT2D eigenvalue weighted by atomic mass is 35.5. The smallest absolute Gasteiger partial charge is 0.234 e. The number of benzene rings is 3. The highest BCUT2D eigenvalue weighted by Crippen LogP contribution is 2.28. The van der Waals surface area contributed by atoms with E-state index >= 15 is 0 Å². The highest BCUT2D eigenvalue weighted by molar-refractivity contribution is 7.99. The fourth-order valence-electron chi connectivity index (χ4n) is 2.97. The summed E-state index contributed by atoms with van der Waals surface area (Å²) in [6, 6.07) is 24.7. The molecule has 0 bridgehead atoms. The van der Waals surface area contributed by atoms with Crippen LogP contribution in [-0.2, 0) is 4.79 Å². The van der Waals surface area contributed by atoms with E-state index in [9.17, 15) is 4.79 Å². The average molecular weight is 451 g/mol. The molecule has 6 nitrogen and oxygen atoms in total. The Hall–Kier alpha value is -3.29. The van der Waals surface area contributed by atoms with Gasteiger partial charge < -0.3 is 10.1 Å². The molecule has 0 unspecified atom stereocenters. The minimum Gasteiger partial charge on any atom is -0.495 e. The minimum absolute atomic E-state index is 0.142. The molecule has 1 aromatic heterocycles. The number of carbonyl (C=O) groups is 1. The second kappa shape index (κ2) is 9.68. The number of thioether (sulfide) groups is 1. The zero-order chi connectivity index (χ0) is 21.6. The summed E-state index contributed by atoms with van der Waals surface area (Å²) in [6.07, 6.45) is 0. The summed E-state index contributed by atoms with van der Waals surface area (Å²) in [6.45, 7) is 0. The Bertz CT molecular complexity index is 1130. The molecule has 0 aliphatic rings. The molecule has 0 radical (unpaired) electrons. The van der Waals surface area contributed by atoms with E-state index in [0.29, 0.717) is 27.4 Å². The van der Waals surface area contributed by atoms with E-state index < -0.39 is 0 Å². The zero-order valence-corrected chi connectivity index (χ0v) is 18.2. The molecule has 0 aliphatic carbocycles. The fraction of sp³-hybridized carbons (Fsp3) is 0.0870. The summed E-state index contributed by atoms with van der Waals surface area (Å²) in [7, 11) is 1.54. The fourth-order valence-corrected chi connectivity index (χ4v) is 3.77. The quantitative estimate of drug-likeness (QED) is 0.385. The molecule has 3 aromatic carbocycles. The number of ether oxygens (including phenoxy) is 1. The second-order valence-corrected chi connectivity index (χ2v) is 7.89. The van der Waals surface area contributed by atoms with Crippen LogP contribution in [0.2, 0.25) is 5.02 Å². The predicted molar refractivity (Wildman–Crippen MR) is 124 cm³/mol. The average Bonchev–Trinajstić information content (AvgIpc) is 3.23. The van der Waals surface area contributed by atoms with Crippen LogP contribution in [0.25, 0.3) is 17.1 Å². The van der Waals surface area contributed by atoms with Crippen molar-refractivity contribution in [3.8, 4) is 22.8 Å². The lowest BCUT2D eigenvalue weighted by molar-refractivity contribution is -0.113. The summed E-state index contributed by atoms with van der Waals surface area (Å²) in [5.41, 5.74) is 2.36. The largest absolute Gasteiger partial charge is 0.495 e. The first kappa shape index (κ1) is 21.0. The Kier molecular flexibility index (Phi) is 6.54. The maximum atomic E-state index is 12.5. The van der Waals surface area contributed by atoms with Crippen LogP contribution in [0.3, 0.4) is 0 Å². The van der Waals surface area contributed by atoms with Crippen LogP contribution in [0.5, 0.6) is 5.75 Å². The van der Waals surface area contributed by atoms with E-state index in [2.05, 4.69) is 15.4 Å². The van der Waals surface area contributed by atoms with Gasteiger partial charge in [0, 0.05) is 10.6 Å². The van der Waals surface area contributed by atoms with E-state index in [0.717, 1.165) is 11.3 Å². The van der Waals surface area contributed by atoms with Crippen molar-refractivity contribution in [2.24, 2.45) is 0 Å². The third kappa shape index (κ3) is 5.07. The van der Waals surface area contributed by atoms with Crippen molar-refractivity contribution in [2.75, 3.05) is 18.2 Å². The van der Waals surface area contributed by atoms with E-state index in [1.165, 1.54) is 11.8 Å². The molecule has 0 spiro atoms. The third-order valence-electron chi connectivity index (χ3n) is 4.39. The molecule has 8 heteroatoms. The Morgan fingerprint density at radius 3 is 2.48 bits per heavy atom. The first-order chi connectivity index (χ1) is 15.1. The number of anilines is 1. The normalized spacial score (nSPS) is 10.6. The van der Waals surface area contributed by atoms with Gasteiger partial charge in [0.05, 0.1) is 24.2 Å². The Balaban J connectivity index is 1.53. The molecule has 4 rings (SSSR count). The number of nitrogens with one attached hydrogen (secondary N) is 1. The number of carbonyl (C=O) groups excluding carboxylic acids is 1. The molecule has 4 aromatic rings. The lowest BCUT2D eigenvalue weighted by atomic mass is 10.2. The number of halogens is 1. The van der Waals surface area contributed by atoms with Gasteiger partial charge in [-0.1, -0.05) is 71.9 Å². The molecule has 1 heterocycles. The van der Waals surface area contributed by atoms with Crippen LogP contribution in [-0.4, -0.2) is 33.5 Å². The van der Waals surface area contributed by atoms with E-state index in [1.54, 1.807) is 30.0 Å². The molecule has 0 saturated heterocycles. The van der Waals surface area contributed by atoms with Crippen LogP contribution in [0.15, 0.2) is 84.0 Å². The number of aromatic nitrogens is 3. The van der Waals surface area contributed by atoms with Gasteiger partial charge in [-0.15, -0.1) is 5.10 Å². The topological polar surface area (TPSA) is 69.0 Å². The van der Waals surface area contributed by atoms with Gasteiger partial charge in [-0.3, -0.25) is 4.79 Å². The molecule has 1 amide bonds. The Labute approximate surface area is 189 Å². The lowest BCUT2D eigenvalue weighted by Crippen LogP contribution is -2.14. The molecule has 31 heavy (non-hydrogen) atoms. The molecule has 0 saturated carbocycles. The number of rotatable bonds is 7. The Morgan fingerprint density at radius 1 is 1.06 bits per heavy atom. The SMILES string of the molecule is COc1ccc(Cl)cc1NC(=O)CSc1nc(-c2ccccc2)n(-c2ccccc2)n1. The maximum Gasteiger partial charge on any atom is 0.234 e.